The van der Waals surface area contributed by atoms with E-state index in [-0.39, 0.29) is 23.4 Å². The zero-order valence-electron chi connectivity index (χ0n) is 24.4. The van der Waals surface area contributed by atoms with E-state index in [1.54, 1.807) is 0 Å². The van der Waals surface area contributed by atoms with Gasteiger partial charge in [-0.05, 0) is 93.6 Å². The molecule has 1 aromatic rings. The van der Waals surface area contributed by atoms with Gasteiger partial charge in [0.25, 0.3) is 0 Å². The van der Waals surface area contributed by atoms with Gasteiger partial charge < -0.3 is 9.47 Å². The number of hydrogen-bond acceptors (Lipinski definition) is 4. The summed E-state index contributed by atoms with van der Waals surface area (Å²) in [5.74, 6) is 0.659. The molecule has 0 radical (unpaired) electrons. The molecular formula is C34H46O4. The molecule has 7 rings (SSSR count). The average molecular weight is 519 g/mol. The van der Waals surface area contributed by atoms with Crippen molar-refractivity contribution in [2.45, 2.75) is 122 Å². The van der Waals surface area contributed by atoms with E-state index in [1.165, 1.54) is 6.42 Å². The molecule has 4 heteroatoms. The quantitative estimate of drug-likeness (QED) is 0.334. The zero-order chi connectivity index (χ0) is 27.7. The van der Waals surface area contributed by atoms with Crippen molar-refractivity contribution in [3.63, 3.8) is 0 Å². The van der Waals surface area contributed by atoms with E-state index in [4.69, 9.17) is 9.47 Å². The number of hydrogen-bond donors (Lipinski definition) is 0. The van der Waals surface area contributed by atoms with Crippen LogP contribution in [0.1, 0.15) is 110 Å². The van der Waals surface area contributed by atoms with Crippen molar-refractivity contribution >= 4 is 11.6 Å². The third-order valence-electron chi connectivity index (χ3n) is 10.3. The van der Waals surface area contributed by atoms with E-state index in [1.807, 2.05) is 6.07 Å². The maximum atomic E-state index is 13.9. The molecule has 0 N–H and O–H groups in total. The molecule has 1 aromatic carbocycles. The first-order chi connectivity index (χ1) is 17.8. The topological polar surface area (TPSA) is 52.6 Å². The second kappa shape index (κ2) is 9.27. The van der Waals surface area contributed by atoms with Crippen molar-refractivity contribution < 1.29 is 19.1 Å². The van der Waals surface area contributed by atoms with Gasteiger partial charge in [-0.2, -0.15) is 0 Å². The summed E-state index contributed by atoms with van der Waals surface area (Å²) in [7, 11) is 0. The smallest absolute Gasteiger partial charge is 0.195 e. The number of Topliss-reactive ketones (excluding diaryl/α,β-unsaturated/α-hetero) is 2. The summed E-state index contributed by atoms with van der Waals surface area (Å²) in [5.41, 5.74) is 1.43. The maximum absolute atomic E-state index is 13.9. The number of carbonyl (C=O) groups is 2. The summed E-state index contributed by atoms with van der Waals surface area (Å²) >= 11 is 0. The highest BCUT2D eigenvalue weighted by Crippen LogP contribution is 2.57. The fourth-order valence-corrected chi connectivity index (χ4v) is 8.18. The SMILES string of the molecule is C=C1C(=O)C2(c3ccc(C45CCC(C(=C)C4=O)C(C)(C)O5)c(CC(CC)CCCC)c3)CCC1C(C)(C)O2. The van der Waals surface area contributed by atoms with E-state index < -0.39 is 22.4 Å². The number of carbonyl (C=O) groups excluding carboxylic acids is 2. The number of benzene rings is 1. The first-order valence-electron chi connectivity index (χ1n) is 14.8. The standard InChI is InChI=1S/C34H46O4/c1-9-11-12-23(10-2)19-24-20-25(33-17-15-26(21(3)29(33)35)31(5,6)37-33)13-14-28(24)34-18-16-27(22(4)30(34)36)32(7,8)38-34/h13-14,20,23,26-27H,3-4,9-12,15-19H2,1-2,5-8H3. The molecule has 5 unspecified atom stereocenters. The van der Waals surface area contributed by atoms with Crippen LogP contribution in [0.3, 0.4) is 0 Å². The molecule has 2 aliphatic carbocycles. The minimum absolute atomic E-state index is 0.0166. The molecule has 0 spiro atoms. The molecule has 6 fully saturated rings. The predicted molar refractivity (Wildman–Crippen MR) is 151 cm³/mol. The van der Waals surface area contributed by atoms with Crippen molar-refractivity contribution in [3.8, 4) is 0 Å². The second-order valence-corrected chi connectivity index (χ2v) is 13.4. The Morgan fingerprint density at radius 1 is 0.895 bits per heavy atom. The molecule has 0 aromatic heterocycles. The number of rotatable bonds is 8. The molecule has 4 bridgehead atoms. The van der Waals surface area contributed by atoms with Gasteiger partial charge in [0.1, 0.15) is 0 Å². The predicted octanol–water partition coefficient (Wildman–Crippen LogP) is 7.52. The fourth-order valence-electron chi connectivity index (χ4n) is 8.18. The van der Waals surface area contributed by atoms with Crippen molar-refractivity contribution in [2.75, 3.05) is 0 Å². The summed E-state index contributed by atoms with van der Waals surface area (Å²) in [6, 6.07) is 6.28. The first kappa shape index (κ1) is 27.5. The van der Waals surface area contributed by atoms with Crippen LogP contribution >= 0.6 is 0 Å². The van der Waals surface area contributed by atoms with Gasteiger partial charge in [-0.1, -0.05) is 70.9 Å². The molecular weight excluding hydrogens is 472 g/mol. The molecule has 5 atom stereocenters. The Kier molecular flexibility index (Phi) is 6.71. The third kappa shape index (κ3) is 3.92. The van der Waals surface area contributed by atoms with E-state index in [0.29, 0.717) is 29.9 Å². The Labute approximate surface area is 229 Å². The Bertz CT molecular complexity index is 1190. The van der Waals surface area contributed by atoms with Gasteiger partial charge in [-0.15, -0.1) is 0 Å². The highest BCUT2D eigenvalue weighted by molar-refractivity contribution is 6.05. The highest BCUT2D eigenvalue weighted by atomic mass is 16.5. The van der Waals surface area contributed by atoms with Gasteiger partial charge in [0.2, 0.25) is 0 Å². The van der Waals surface area contributed by atoms with Crippen LogP contribution in [0.15, 0.2) is 42.5 Å². The Hall–Kier alpha value is -2.04. The van der Waals surface area contributed by atoms with Crippen LogP contribution < -0.4 is 0 Å². The number of fused-ring (bicyclic) bond motifs is 6. The van der Waals surface area contributed by atoms with Gasteiger partial charge in [-0.3, -0.25) is 9.59 Å². The Morgan fingerprint density at radius 3 is 2.00 bits per heavy atom. The van der Waals surface area contributed by atoms with Gasteiger partial charge in [0.15, 0.2) is 22.8 Å². The Balaban J connectivity index is 1.65. The van der Waals surface area contributed by atoms with E-state index in [0.717, 1.165) is 55.2 Å². The molecule has 206 valence electrons. The average Bonchev–Trinajstić information content (AvgIpc) is 2.86. The van der Waals surface area contributed by atoms with Crippen LogP contribution in [0.5, 0.6) is 0 Å². The van der Waals surface area contributed by atoms with Gasteiger partial charge in [0.05, 0.1) is 11.2 Å². The third-order valence-corrected chi connectivity index (χ3v) is 10.3. The molecule has 6 aliphatic rings. The number of ketones is 2. The van der Waals surface area contributed by atoms with E-state index in [9.17, 15) is 9.59 Å². The van der Waals surface area contributed by atoms with E-state index in [2.05, 4.69) is 66.8 Å². The van der Waals surface area contributed by atoms with Crippen molar-refractivity contribution in [1.82, 2.24) is 0 Å². The normalized spacial score (nSPS) is 34.2. The minimum atomic E-state index is -1.01. The lowest BCUT2D eigenvalue weighted by Gasteiger charge is -2.56. The summed E-state index contributed by atoms with van der Waals surface area (Å²) < 4.78 is 13.4. The van der Waals surface area contributed by atoms with Crippen LogP contribution in [0.25, 0.3) is 0 Å². The molecule has 38 heavy (non-hydrogen) atoms. The molecule has 4 heterocycles. The maximum Gasteiger partial charge on any atom is 0.195 e. The lowest BCUT2D eigenvalue weighted by atomic mass is 9.61. The first-order valence-corrected chi connectivity index (χ1v) is 14.8. The van der Waals surface area contributed by atoms with Crippen LogP contribution in [0.2, 0.25) is 0 Å². The molecule has 0 amide bonds. The lowest BCUT2D eigenvalue weighted by Crippen LogP contribution is -2.61. The Morgan fingerprint density at radius 2 is 1.45 bits per heavy atom. The van der Waals surface area contributed by atoms with Crippen molar-refractivity contribution in [1.29, 1.82) is 0 Å². The van der Waals surface area contributed by atoms with E-state index >= 15 is 0 Å². The summed E-state index contributed by atoms with van der Waals surface area (Å²) in [6.45, 7) is 21.3. The second-order valence-electron chi connectivity index (χ2n) is 13.4. The molecule has 4 nitrogen and oxygen atoms in total. The number of unbranched alkanes of at least 4 members (excludes halogenated alkanes) is 1. The fraction of sp³-hybridized carbons (Fsp3) is 0.647. The summed E-state index contributed by atoms with van der Waals surface area (Å²) in [6.07, 6.45) is 8.53. The monoisotopic (exact) mass is 518 g/mol. The van der Waals surface area contributed by atoms with Crippen LogP contribution in [0, 0.1) is 17.8 Å². The zero-order valence-corrected chi connectivity index (χ0v) is 24.4. The number of ether oxygens (including phenoxy) is 2. The minimum Gasteiger partial charge on any atom is -0.356 e. The molecule has 4 aliphatic heterocycles. The molecule has 2 saturated carbocycles. The molecule has 4 saturated heterocycles. The van der Waals surface area contributed by atoms with Gasteiger partial charge in [0, 0.05) is 11.8 Å². The van der Waals surface area contributed by atoms with Crippen LogP contribution in [0.4, 0.5) is 0 Å². The highest BCUT2D eigenvalue weighted by Gasteiger charge is 2.61. The van der Waals surface area contributed by atoms with Crippen molar-refractivity contribution in [3.05, 3.63) is 59.2 Å². The van der Waals surface area contributed by atoms with Gasteiger partial charge >= 0.3 is 0 Å². The summed E-state index contributed by atoms with van der Waals surface area (Å²) in [5, 5.41) is 0. The summed E-state index contributed by atoms with van der Waals surface area (Å²) in [4.78, 5) is 27.6. The van der Waals surface area contributed by atoms with Crippen LogP contribution in [-0.4, -0.2) is 22.8 Å². The van der Waals surface area contributed by atoms with Crippen LogP contribution in [-0.2, 0) is 36.7 Å². The van der Waals surface area contributed by atoms with Gasteiger partial charge in [-0.25, -0.2) is 0 Å². The largest absolute Gasteiger partial charge is 0.356 e. The van der Waals surface area contributed by atoms with Crippen molar-refractivity contribution in [2.24, 2.45) is 17.8 Å². The lowest BCUT2D eigenvalue weighted by molar-refractivity contribution is -0.218.